The Balaban J connectivity index is 1.98. The van der Waals surface area contributed by atoms with Crippen LogP contribution in [0.15, 0.2) is 35.4 Å². The van der Waals surface area contributed by atoms with Crippen LogP contribution in [-0.4, -0.2) is 16.1 Å². The van der Waals surface area contributed by atoms with E-state index in [2.05, 4.69) is 10.3 Å². The van der Waals surface area contributed by atoms with E-state index >= 15 is 0 Å². The van der Waals surface area contributed by atoms with Gasteiger partial charge in [0.1, 0.15) is 5.82 Å². The molecule has 0 saturated heterocycles. The molecule has 19 heavy (non-hydrogen) atoms. The van der Waals surface area contributed by atoms with E-state index in [9.17, 15) is 9.18 Å². The summed E-state index contributed by atoms with van der Waals surface area (Å²) >= 11 is 2.00. The summed E-state index contributed by atoms with van der Waals surface area (Å²) in [5, 5.41) is 3.13. The smallest absolute Gasteiger partial charge is 0.267 e. The lowest BCUT2D eigenvalue weighted by Gasteiger charge is -2.09. The molecular weight excluding hydrogens is 360 g/mol. The average molecular weight is 373 g/mol. The lowest BCUT2D eigenvalue weighted by molar-refractivity contribution is 0.627. The molecule has 0 fully saturated rings. The number of hydrogen-bond acceptors (Lipinski definition) is 3. The molecule has 0 radical (unpaired) electrons. The second-order valence-electron chi connectivity index (χ2n) is 4.08. The summed E-state index contributed by atoms with van der Waals surface area (Å²) in [4.78, 5) is 16.1. The summed E-state index contributed by atoms with van der Waals surface area (Å²) in [5.41, 5.74) is 1.53. The molecular formula is C13H13FIN3O. The van der Waals surface area contributed by atoms with Crippen molar-refractivity contribution < 1.29 is 4.39 Å². The molecule has 0 aliphatic heterocycles. The van der Waals surface area contributed by atoms with Gasteiger partial charge in [0.15, 0.2) is 0 Å². The fourth-order valence-corrected chi connectivity index (χ4v) is 2.04. The van der Waals surface area contributed by atoms with Crippen LogP contribution in [0.1, 0.15) is 5.69 Å². The van der Waals surface area contributed by atoms with Crippen molar-refractivity contribution >= 4 is 28.3 Å². The standard InChI is InChI=1S/C13H13FIN3O/c1-9-12(15)13(19)18(8-17-9)7-6-16-11-4-2-10(14)3-5-11/h2-5,8,16H,6-7H2,1H3. The van der Waals surface area contributed by atoms with Crippen LogP contribution in [0.4, 0.5) is 10.1 Å². The molecule has 0 atom stereocenters. The van der Waals surface area contributed by atoms with Crippen molar-refractivity contribution in [2.75, 3.05) is 11.9 Å². The molecule has 0 amide bonds. The SMILES string of the molecule is Cc1ncn(CCNc2ccc(F)cc2)c(=O)c1I. The summed E-state index contributed by atoms with van der Waals surface area (Å²) in [6.45, 7) is 2.90. The van der Waals surface area contributed by atoms with Crippen LogP contribution in [0.3, 0.4) is 0 Å². The Bertz CT molecular complexity index is 625. The van der Waals surface area contributed by atoms with Gasteiger partial charge < -0.3 is 5.32 Å². The van der Waals surface area contributed by atoms with Gasteiger partial charge in [-0.25, -0.2) is 9.37 Å². The van der Waals surface area contributed by atoms with Gasteiger partial charge >= 0.3 is 0 Å². The third kappa shape index (κ3) is 3.52. The minimum Gasteiger partial charge on any atom is -0.383 e. The van der Waals surface area contributed by atoms with Gasteiger partial charge in [0.05, 0.1) is 15.6 Å². The lowest BCUT2D eigenvalue weighted by Crippen LogP contribution is -2.26. The highest BCUT2D eigenvalue weighted by Gasteiger charge is 2.04. The van der Waals surface area contributed by atoms with Gasteiger partial charge in [0.25, 0.3) is 5.56 Å². The summed E-state index contributed by atoms with van der Waals surface area (Å²) in [6, 6.07) is 6.11. The van der Waals surface area contributed by atoms with Gasteiger partial charge in [-0.3, -0.25) is 9.36 Å². The Morgan fingerprint density at radius 2 is 2.05 bits per heavy atom. The maximum absolute atomic E-state index is 12.7. The average Bonchev–Trinajstić information content (AvgIpc) is 2.41. The fraction of sp³-hybridized carbons (Fsp3) is 0.231. The highest BCUT2D eigenvalue weighted by atomic mass is 127. The largest absolute Gasteiger partial charge is 0.383 e. The molecule has 1 aromatic carbocycles. The minimum absolute atomic E-state index is 0.0333. The second kappa shape index (κ2) is 6.14. The molecule has 100 valence electrons. The number of aromatic nitrogens is 2. The monoisotopic (exact) mass is 373 g/mol. The van der Waals surface area contributed by atoms with Crippen LogP contribution >= 0.6 is 22.6 Å². The quantitative estimate of drug-likeness (QED) is 0.838. The van der Waals surface area contributed by atoms with Crippen LogP contribution < -0.4 is 10.9 Å². The molecule has 0 aliphatic carbocycles. The van der Waals surface area contributed by atoms with Crippen molar-refractivity contribution in [3.8, 4) is 0 Å². The molecule has 0 aliphatic rings. The van der Waals surface area contributed by atoms with Gasteiger partial charge in [-0.1, -0.05) is 0 Å². The molecule has 1 heterocycles. The van der Waals surface area contributed by atoms with Crippen molar-refractivity contribution in [3.05, 3.63) is 56.0 Å². The molecule has 0 bridgehead atoms. The van der Waals surface area contributed by atoms with Crippen LogP contribution in [0.25, 0.3) is 0 Å². The fourth-order valence-electron chi connectivity index (χ4n) is 1.59. The van der Waals surface area contributed by atoms with Gasteiger partial charge in [0, 0.05) is 18.8 Å². The van der Waals surface area contributed by atoms with E-state index in [0.29, 0.717) is 16.7 Å². The predicted octanol–water partition coefficient (Wildman–Crippen LogP) is 2.41. The predicted molar refractivity (Wildman–Crippen MR) is 80.8 cm³/mol. The van der Waals surface area contributed by atoms with Crippen molar-refractivity contribution in [1.29, 1.82) is 0 Å². The second-order valence-corrected chi connectivity index (χ2v) is 5.15. The summed E-state index contributed by atoms with van der Waals surface area (Å²) in [7, 11) is 0. The van der Waals surface area contributed by atoms with Crippen LogP contribution in [0.2, 0.25) is 0 Å². The van der Waals surface area contributed by atoms with Crippen LogP contribution in [-0.2, 0) is 6.54 Å². The number of aryl methyl sites for hydroxylation is 1. The van der Waals surface area contributed by atoms with Crippen molar-refractivity contribution in [3.63, 3.8) is 0 Å². The number of anilines is 1. The first kappa shape index (κ1) is 14.0. The molecule has 2 rings (SSSR count). The number of benzene rings is 1. The van der Waals surface area contributed by atoms with E-state index in [1.165, 1.54) is 12.1 Å². The first-order chi connectivity index (χ1) is 9.08. The van der Waals surface area contributed by atoms with E-state index in [-0.39, 0.29) is 11.4 Å². The summed E-state index contributed by atoms with van der Waals surface area (Å²) in [5.74, 6) is -0.265. The van der Waals surface area contributed by atoms with E-state index in [4.69, 9.17) is 0 Å². The number of hydrogen-bond donors (Lipinski definition) is 1. The topological polar surface area (TPSA) is 46.9 Å². The van der Waals surface area contributed by atoms with E-state index < -0.39 is 0 Å². The normalized spacial score (nSPS) is 10.5. The molecule has 6 heteroatoms. The number of nitrogens with one attached hydrogen (secondary N) is 1. The first-order valence-electron chi connectivity index (χ1n) is 5.79. The summed E-state index contributed by atoms with van der Waals surface area (Å²) in [6.07, 6.45) is 1.55. The molecule has 4 nitrogen and oxygen atoms in total. The van der Waals surface area contributed by atoms with Crippen LogP contribution in [0, 0.1) is 16.3 Å². The van der Waals surface area contributed by atoms with Crippen molar-refractivity contribution in [2.45, 2.75) is 13.5 Å². The Labute approximate surface area is 123 Å². The Morgan fingerprint density at radius 3 is 2.74 bits per heavy atom. The van der Waals surface area contributed by atoms with E-state index in [1.54, 1.807) is 23.0 Å². The zero-order valence-electron chi connectivity index (χ0n) is 10.4. The number of rotatable bonds is 4. The van der Waals surface area contributed by atoms with Crippen molar-refractivity contribution in [2.24, 2.45) is 0 Å². The van der Waals surface area contributed by atoms with Gasteiger partial charge in [0.2, 0.25) is 0 Å². The highest BCUT2D eigenvalue weighted by molar-refractivity contribution is 14.1. The zero-order valence-corrected chi connectivity index (χ0v) is 12.5. The van der Waals surface area contributed by atoms with Crippen LogP contribution in [0.5, 0.6) is 0 Å². The lowest BCUT2D eigenvalue weighted by atomic mass is 10.3. The highest BCUT2D eigenvalue weighted by Crippen LogP contribution is 2.07. The Morgan fingerprint density at radius 1 is 1.37 bits per heavy atom. The van der Waals surface area contributed by atoms with Crippen molar-refractivity contribution in [1.82, 2.24) is 9.55 Å². The molecule has 0 saturated carbocycles. The number of nitrogens with zero attached hydrogens (tertiary/aromatic N) is 2. The minimum atomic E-state index is -0.265. The molecule has 0 unspecified atom stereocenters. The Kier molecular flexibility index (Phi) is 4.52. The number of halogens is 2. The third-order valence-electron chi connectivity index (χ3n) is 2.68. The van der Waals surface area contributed by atoms with E-state index in [0.717, 1.165) is 11.4 Å². The van der Waals surface area contributed by atoms with Gasteiger partial charge in [-0.2, -0.15) is 0 Å². The molecule has 1 N–H and O–H groups in total. The third-order valence-corrected chi connectivity index (χ3v) is 3.93. The maximum Gasteiger partial charge on any atom is 0.267 e. The first-order valence-corrected chi connectivity index (χ1v) is 6.87. The molecule has 2 aromatic rings. The zero-order chi connectivity index (χ0) is 13.8. The van der Waals surface area contributed by atoms with E-state index in [1.807, 2.05) is 29.5 Å². The van der Waals surface area contributed by atoms with Gasteiger partial charge in [-0.05, 0) is 53.8 Å². The Hall–Kier alpha value is -1.44. The molecule has 1 aromatic heterocycles. The summed E-state index contributed by atoms with van der Waals surface area (Å²) < 4.78 is 14.9. The molecule has 0 spiro atoms. The van der Waals surface area contributed by atoms with Gasteiger partial charge in [-0.15, -0.1) is 0 Å². The maximum atomic E-state index is 12.7.